The summed E-state index contributed by atoms with van der Waals surface area (Å²) in [6, 6.07) is 16.8. The Morgan fingerprint density at radius 1 is 1.03 bits per heavy atom. The maximum atomic E-state index is 13.1. The second-order valence-corrected chi connectivity index (χ2v) is 6.77. The van der Waals surface area contributed by atoms with E-state index in [1.54, 1.807) is 31.4 Å². The first kappa shape index (κ1) is 18.7. The number of benzene rings is 2. The third-order valence-electron chi connectivity index (χ3n) is 4.87. The lowest BCUT2D eigenvalue weighted by Gasteiger charge is -2.25. The Labute approximate surface area is 169 Å². The lowest BCUT2D eigenvalue weighted by molar-refractivity contribution is 0.0639. The third-order valence-corrected chi connectivity index (χ3v) is 4.87. The number of carbonyl (C=O) groups excluding carboxylic acids is 1. The molecule has 0 bridgehead atoms. The third kappa shape index (κ3) is 3.57. The molecule has 0 aliphatic carbocycles. The summed E-state index contributed by atoms with van der Waals surface area (Å²) in [7, 11) is 3.20. The van der Waals surface area contributed by atoms with Crippen molar-refractivity contribution in [2.45, 2.75) is 13.0 Å². The Hall–Kier alpha value is -3.67. The Morgan fingerprint density at radius 3 is 2.55 bits per heavy atom. The lowest BCUT2D eigenvalue weighted by atomic mass is 10.0. The molecule has 3 aromatic rings. The molecule has 1 aliphatic rings. The molecule has 2 aromatic carbocycles. The highest BCUT2D eigenvalue weighted by Crippen LogP contribution is 2.36. The van der Waals surface area contributed by atoms with Crippen LogP contribution in [-0.4, -0.2) is 25.1 Å². The Bertz CT molecular complexity index is 1060. The van der Waals surface area contributed by atoms with Gasteiger partial charge < -0.3 is 13.9 Å². The van der Waals surface area contributed by atoms with Crippen molar-refractivity contribution in [1.29, 1.82) is 0 Å². The van der Waals surface area contributed by atoms with E-state index in [2.05, 4.69) is 11.5 Å². The summed E-state index contributed by atoms with van der Waals surface area (Å²) in [4.78, 5) is 13.1. The highest BCUT2D eigenvalue weighted by atomic mass is 16.5. The van der Waals surface area contributed by atoms with Crippen LogP contribution in [0.1, 0.15) is 33.3 Å². The fraction of sp³-hybridized carbons (Fsp3) is 0.174. The van der Waals surface area contributed by atoms with Crippen LogP contribution in [0, 0.1) is 6.92 Å². The van der Waals surface area contributed by atoms with Crippen molar-refractivity contribution in [1.82, 2.24) is 10.4 Å². The van der Waals surface area contributed by atoms with E-state index >= 15 is 0 Å². The van der Waals surface area contributed by atoms with Gasteiger partial charge in [0.15, 0.2) is 17.3 Å². The first-order valence-corrected chi connectivity index (χ1v) is 9.25. The number of furan rings is 1. The van der Waals surface area contributed by atoms with Crippen LogP contribution in [0.2, 0.25) is 0 Å². The lowest BCUT2D eigenvalue weighted by Crippen LogP contribution is -2.39. The average molecular weight is 390 g/mol. The van der Waals surface area contributed by atoms with E-state index in [1.165, 1.54) is 6.26 Å². The van der Waals surface area contributed by atoms with Gasteiger partial charge in [0.05, 0.1) is 32.2 Å². The number of rotatable bonds is 5. The molecule has 0 radical (unpaired) electrons. The molecule has 0 unspecified atom stereocenters. The molecule has 1 aromatic heterocycles. The quantitative estimate of drug-likeness (QED) is 0.702. The zero-order valence-corrected chi connectivity index (χ0v) is 16.5. The highest BCUT2D eigenvalue weighted by Gasteiger charge is 2.33. The fourth-order valence-corrected chi connectivity index (χ4v) is 3.43. The number of hydrogen-bond donors (Lipinski definition) is 1. The van der Waals surface area contributed by atoms with Crippen LogP contribution in [0.3, 0.4) is 0 Å². The molecule has 0 fully saturated rings. The number of hydrazine groups is 1. The van der Waals surface area contributed by atoms with Gasteiger partial charge in [0.25, 0.3) is 0 Å². The summed E-state index contributed by atoms with van der Waals surface area (Å²) < 4.78 is 16.1. The predicted molar refractivity (Wildman–Crippen MR) is 109 cm³/mol. The molecular weight excluding hydrogens is 368 g/mol. The van der Waals surface area contributed by atoms with Gasteiger partial charge in [-0.25, -0.2) is 5.01 Å². The summed E-state index contributed by atoms with van der Waals surface area (Å²) in [5.74, 6) is 1.30. The van der Waals surface area contributed by atoms with Gasteiger partial charge in [0, 0.05) is 5.56 Å². The topological polar surface area (TPSA) is 63.9 Å². The zero-order chi connectivity index (χ0) is 20.4. The second-order valence-electron chi connectivity index (χ2n) is 6.77. The second kappa shape index (κ2) is 7.75. The first-order valence-electron chi connectivity index (χ1n) is 9.25. The van der Waals surface area contributed by atoms with Gasteiger partial charge in [-0.15, -0.1) is 0 Å². The smallest absolute Gasteiger partial charge is 0.308 e. The van der Waals surface area contributed by atoms with Crippen LogP contribution < -0.4 is 14.9 Å². The normalized spacial score (nSPS) is 15.6. The molecule has 1 amide bonds. The molecule has 6 heteroatoms. The van der Waals surface area contributed by atoms with Crippen molar-refractivity contribution in [3.05, 3.63) is 89.4 Å². The van der Waals surface area contributed by atoms with E-state index in [0.717, 1.165) is 22.4 Å². The minimum atomic E-state index is -0.282. The van der Waals surface area contributed by atoms with E-state index in [4.69, 9.17) is 13.9 Å². The minimum absolute atomic E-state index is 0.242. The van der Waals surface area contributed by atoms with Gasteiger partial charge in [-0.3, -0.25) is 10.2 Å². The van der Waals surface area contributed by atoms with Crippen LogP contribution in [-0.2, 0) is 0 Å². The molecule has 0 saturated carbocycles. The molecule has 4 rings (SSSR count). The van der Waals surface area contributed by atoms with Crippen LogP contribution in [0.25, 0.3) is 5.70 Å². The number of aryl methyl sites for hydroxylation is 1. The molecule has 1 N–H and O–H groups in total. The molecule has 2 heterocycles. The largest absolute Gasteiger partial charge is 0.493 e. The van der Waals surface area contributed by atoms with Crippen molar-refractivity contribution in [2.75, 3.05) is 14.2 Å². The summed E-state index contributed by atoms with van der Waals surface area (Å²) in [6.07, 6.45) is 3.52. The highest BCUT2D eigenvalue weighted by molar-refractivity contribution is 5.93. The van der Waals surface area contributed by atoms with Crippen LogP contribution in [0.15, 0.2) is 71.4 Å². The number of methoxy groups -OCH3 is 2. The average Bonchev–Trinajstić information content (AvgIpc) is 3.43. The Morgan fingerprint density at radius 2 is 1.86 bits per heavy atom. The number of nitrogens with one attached hydrogen (secondary N) is 1. The fourth-order valence-electron chi connectivity index (χ4n) is 3.43. The number of nitrogens with zero attached hydrogens (tertiary/aromatic N) is 1. The summed E-state index contributed by atoms with van der Waals surface area (Å²) in [6.45, 7) is 2.03. The van der Waals surface area contributed by atoms with E-state index in [-0.39, 0.29) is 17.7 Å². The molecule has 0 saturated heterocycles. The maximum absolute atomic E-state index is 13.1. The van der Waals surface area contributed by atoms with E-state index < -0.39 is 0 Å². The molecule has 0 spiro atoms. The monoisotopic (exact) mass is 390 g/mol. The number of carbonyl (C=O) groups is 1. The maximum Gasteiger partial charge on any atom is 0.308 e. The minimum Gasteiger partial charge on any atom is -0.493 e. The molecule has 6 nitrogen and oxygen atoms in total. The molecule has 1 aliphatic heterocycles. The number of ether oxygens (including phenoxy) is 2. The Balaban J connectivity index is 1.74. The Kier molecular flexibility index (Phi) is 4.99. The number of amides is 1. The van der Waals surface area contributed by atoms with E-state index in [1.807, 2.05) is 49.4 Å². The van der Waals surface area contributed by atoms with Gasteiger partial charge in [0.1, 0.15) is 0 Å². The van der Waals surface area contributed by atoms with E-state index in [9.17, 15) is 4.79 Å². The molecule has 148 valence electrons. The van der Waals surface area contributed by atoms with Crippen molar-refractivity contribution in [2.24, 2.45) is 0 Å². The van der Waals surface area contributed by atoms with Gasteiger partial charge in [0.2, 0.25) is 0 Å². The van der Waals surface area contributed by atoms with Crippen LogP contribution in [0.4, 0.5) is 0 Å². The van der Waals surface area contributed by atoms with E-state index in [0.29, 0.717) is 11.5 Å². The molecular formula is C23H22N2O4. The van der Waals surface area contributed by atoms with Gasteiger partial charge in [-0.05, 0) is 48.9 Å². The van der Waals surface area contributed by atoms with Crippen LogP contribution in [0.5, 0.6) is 11.5 Å². The van der Waals surface area contributed by atoms with Gasteiger partial charge >= 0.3 is 5.91 Å². The molecule has 29 heavy (non-hydrogen) atoms. The standard InChI is InChI=1S/C23H22N2O4/c1-15-6-4-7-17(12-15)19-14-18(16-9-10-20(27-2)22(13-16)28-3)24-25(19)23(26)21-8-5-11-29-21/h4-14,19,24H,1-3H3/t19-/m0/s1. The predicted octanol–water partition coefficient (Wildman–Crippen LogP) is 4.35. The van der Waals surface area contributed by atoms with Crippen molar-refractivity contribution < 1.29 is 18.7 Å². The van der Waals surface area contributed by atoms with Crippen molar-refractivity contribution in [3.8, 4) is 11.5 Å². The van der Waals surface area contributed by atoms with Gasteiger partial charge in [-0.2, -0.15) is 0 Å². The summed E-state index contributed by atoms with van der Waals surface area (Å²) >= 11 is 0. The molecule has 1 atom stereocenters. The van der Waals surface area contributed by atoms with Crippen LogP contribution >= 0.6 is 0 Å². The number of hydrogen-bond acceptors (Lipinski definition) is 5. The van der Waals surface area contributed by atoms with Gasteiger partial charge in [-0.1, -0.05) is 29.8 Å². The van der Waals surface area contributed by atoms with Crippen molar-refractivity contribution >= 4 is 11.6 Å². The zero-order valence-electron chi connectivity index (χ0n) is 16.5. The summed E-state index contributed by atoms with van der Waals surface area (Å²) in [5.41, 5.74) is 7.06. The first-order chi connectivity index (χ1) is 14.1. The summed E-state index contributed by atoms with van der Waals surface area (Å²) in [5, 5.41) is 1.58. The SMILES string of the molecule is COc1ccc(C2=C[C@@H](c3cccc(C)c3)N(C(=O)c3ccco3)N2)cc1OC. The van der Waals surface area contributed by atoms with Crippen molar-refractivity contribution in [3.63, 3.8) is 0 Å².